The van der Waals surface area contributed by atoms with Crippen LogP contribution in [-0.4, -0.2) is 63.2 Å². The van der Waals surface area contributed by atoms with Crippen LogP contribution in [0.1, 0.15) is 24.1 Å². The minimum absolute atomic E-state index is 0.00474. The Hall–Kier alpha value is -2.86. The van der Waals surface area contributed by atoms with Crippen LogP contribution < -0.4 is 0 Å². The standard InChI is InChI=1S/C24H30F3N5O3Si/c1-36(2,3)9-8-35-15-31-13-18(24(25,26)27)17-10-16(12-28-21(17)31)19-11-20-23(5-7-32(20)29-19)4-6-30(14-23)22(33)34/h10-13H,4-9,14-15H2,1-3H3,(H,33,34). The fourth-order valence-electron chi connectivity index (χ4n) is 5.23. The summed E-state index contributed by atoms with van der Waals surface area (Å²) >= 11 is 0. The first kappa shape index (κ1) is 24.8. The van der Waals surface area contributed by atoms with E-state index in [1.165, 1.54) is 15.5 Å². The van der Waals surface area contributed by atoms with Crippen molar-refractivity contribution in [3.05, 3.63) is 35.8 Å². The molecule has 36 heavy (non-hydrogen) atoms. The second-order valence-corrected chi connectivity index (χ2v) is 16.7. The molecule has 12 heteroatoms. The maximum Gasteiger partial charge on any atom is 0.418 e. The summed E-state index contributed by atoms with van der Waals surface area (Å²) in [6.07, 6.45) is -1.35. The Balaban J connectivity index is 1.45. The number of halogens is 3. The highest BCUT2D eigenvalue weighted by Crippen LogP contribution is 2.44. The molecule has 1 unspecified atom stereocenters. The molecule has 2 aliphatic heterocycles. The highest BCUT2D eigenvalue weighted by Gasteiger charge is 2.47. The van der Waals surface area contributed by atoms with E-state index in [1.54, 1.807) is 6.20 Å². The van der Waals surface area contributed by atoms with Crippen LogP contribution in [0.15, 0.2) is 24.5 Å². The molecule has 1 amide bonds. The van der Waals surface area contributed by atoms with Crippen molar-refractivity contribution in [3.63, 3.8) is 0 Å². The molecule has 0 bridgehead atoms. The molecule has 0 radical (unpaired) electrons. The third kappa shape index (κ3) is 4.52. The number of carbonyl (C=O) groups is 1. The predicted octanol–water partition coefficient (Wildman–Crippen LogP) is 5.26. The van der Waals surface area contributed by atoms with Gasteiger partial charge in [-0.2, -0.15) is 18.3 Å². The van der Waals surface area contributed by atoms with Crippen molar-refractivity contribution >= 4 is 25.2 Å². The average molecular weight is 522 g/mol. The van der Waals surface area contributed by atoms with E-state index in [2.05, 4.69) is 29.7 Å². The van der Waals surface area contributed by atoms with Crippen LogP contribution >= 0.6 is 0 Å². The summed E-state index contributed by atoms with van der Waals surface area (Å²) in [6, 6.07) is 4.30. The van der Waals surface area contributed by atoms with Gasteiger partial charge in [-0.25, -0.2) is 9.78 Å². The van der Waals surface area contributed by atoms with E-state index >= 15 is 0 Å². The number of aromatic nitrogens is 4. The second-order valence-electron chi connectivity index (χ2n) is 11.1. The van der Waals surface area contributed by atoms with Gasteiger partial charge in [-0.3, -0.25) is 4.68 Å². The van der Waals surface area contributed by atoms with E-state index in [0.717, 1.165) is 24.4 Å². The lowest BCUT2D eigenvalue weighted by molar-refractivity contribution is -0.136. The number of pyridine rings is 1. The number of alkyl halides is 3. The predicted molar refractivity (Wildman–Crippen MR) is 131 cm³/mol. The minimum atomic E-state index is -4.54. The number of nitrogens with zero attached hydrogens (tertiary/aromatic N) is 5. The quantitative estimate of drug-likeness (QED) is 0.354. The summed E-state index contributed by atoms with van der Waals surface area (Å²) < 4.78 is 50.6. The van der Waals surface area contributed by atoms with E-state index < -0.39 is 25.9 Å². The number of hydrogen-bond donors (Lipinski definition) is 1. The molecule has 0 aliphatic carbocycles. The number of carboxylic acid groups (broad SMARTS) is 1. The van der Waals surface area contributed by atoms with Crippen LogP contribution in [0.2, 0.25) is 25.7 Å². The molecule has 1 spiro atoms. The zero-order chi connectivity index (χ0) is 25.9. The van der Waals surface area contributed by atoms with E-state index in [0.29, 0.717) is 43.9 Å². The lowest BCUT2D eigenvalue weighted by Gasteiger charge is -2.21. The Morgan fingerprint density at radius 3 is 2.64 bits per heavy atom. The SMILES string of the molecule is C[Si](C)(C)CCOCn1cc(C(F)(F)F)c2cc(-c3cc4n(n3)CCC43CCN(C(=O)O)C3)cnc21. The van der Waals surface area contributed by atoms with Crippen LogP contribution in [0.5, 0.6) is 0 Å². The summed E-state index contributed by atoms with van der Waals surface area (Å²) in [7, 11) is -1.31. The van der Waals surface area contributed by atoms with E-state index in [9.17, 15) is 23.1 Å². The number of amides is 1. The van der Waals surface area contributed by atoms with Crippen molar-refractivity contribution in [3.8, 4) is 11.3 Å². The van der Waals surface area contributed by atoms with Crippen LogP contribution in [-0.2, 0) is 29.6 Å². The van der Waals surface area contributed by atoms with Crippen LogP contribution in [0.25, 0.3) is 22.3 Å². The van der Waals surface area contributed by atoms with Crippen molar-refractivity contribution in [2.75, 3.05) is 19.7 Å². The Bertz CT molecular complexity index is 1310. The minimum Gasteiger partial charge on any atom is -0.465 e. The van der Waals surface area contributed by atoms with E-state index in [-0.39, 0.29) is 23.2 Å². The molecule has 194 valence electrons. The van der Waals surface area contributed by atoms with Crippen molar-refractivity contribution < 1.29 is 27.8 Å². The molecule has 1 saturated heterocycles. The topological polar surface area (TPSA) is 85.4 Å². The first-order valence-corrected chi connectivity index (χ1v) is 15.8. The first-order chi connectivity index (χ1) is 16.9. The monoisotopic (exact) mass is 521 g/mol. The molecule has 3 aromatic rings. The van der Waals surface area contributed by atoms with Crippen LogP contribution in [0, 0.1) is 0 Å². The molecule has 3 aromatic heterocycles. The molecule has 1 N–H and O–H groups in total. The van der Waals surface area contributed by atoms with Crippen LogP contribution in [0.3, 0.4) is 0 Å². The summed E-state index contributed by atoms with van der Waals surface area (Å²) in [6.45, 7) is 8.67. The Kier molecular flexibility index (Phi) is 5.94. The van der Waals surface area contributed by atoms with Gasteiger partial charge in [0.25, 0.3) is 0 Å². The maximum atomic E-state index is 13.9. The number of likely N-dealkylation sites (tertiary alicyclic amines) is 1. The fourth-order valence-corrected chi connectivity index (χ4v) is 5.99. The number of rotatable bonds is 6. The molecule has 2 aliphatic rings. The highest BCUT2D eigenvalue weighted by atomic mass is 28.3. The van der Waals surface area contributed by atoms with Crippen molar-refractivity contribution in [1.82, 2.24) is 24.2 Å². The van der Waals surface area contributed by atoms with E-state index in [1.807, 2.05) is 10.7 Å². The van der Waals surface area contributed by atoms with Gasteiger partial charge in [-0.1, -0.05) is 19.6 Å². The van der Waals surface area contributed by atoms with Crippen molar-refractivity contribution in [1.29, 1.82) is 0 Å². The van der Waals surface area contributed by atoms with Gasteiger partial charge in [0.15, 0.2) is 0 Å². The zero-order valence-electron chi connectivity index (χ0n) is 20.6. The van der Waals surface area contributed by atoms with Gasteiger partial charge >= 0.3 is 12.3 Å². The van der Waals surface area contributed by atoms with Gasteiger partial charge in [0, 0.05) is 68.8 Å². The summed E-state index contributed by atoms with van der Waals surface area (Å²) in [5.74, 6) is 0. The Morgan fingerprint density at radius 2 is 1.97 bits per heavy atom. The average Bonchev–Trinajstić information content (AvgIpc) is 3.54. The van der Waals surface area contributed by atoms with Gasteiger partial charge < -0.3 is 19.3 Å². The molecule has 1 atom stereocenters. The highest BCUT2D eigenvalue weighted by molar-refractivity contribution is 6.76. The van der Waals surface area contributed by atoms with E-state index in [4.69, 9.17) is 4.74 Å². The lowest BCUT2D eigenvalue weighted by Crippen LogP contribution is -2.32. The van der Waals surface area contributed by atoms with Crippen LogP contribution in [0.4, 0.5) is 18.0 Å². The molecule has 5 heterocycles. The smallest absolute Gasteiger partial charge is 0.418 e. The number of ether oxygens (including phenoxy) is 1. The van der Waals surface area contributed by atoms with Gasteiger partial charge in [-0.15, -0.1) is 0 Å². The largest absolute Gasteiger partial charge is 0.465 e. The zero-order valence-corrected chi connectivity index (χ0v) is 21.6. The number of fused-ring (bicyclic) bond motifs is 3. The Labute approximate surface area is 207 Å². The third-order valence-electron chi connectivity index (χ3n) is 7.29. The number of aryl methyl sites for hydroxylation is 1. The normalized spacial score (nSPS) is 20.1. The number of hydrogen-bond acceptors (Lipinski definition) is 4. The second kappa shape index (κ2) is 8.62. The first-order valence-electron chi connectivity index (χ1n) is 12.1. The van der Waals surface area contributed by atoms with Gasteiger partial charge in [0.2, 0.25) is 0 Å². The molecular weight excluding hydrogens is 491 g/mol. The summed E-state index contributed by atoms with van der Waals surface area (Å²) in [5.41, 5.74) is 1.14. The Morgan fingerprint density at radius 1 is 1.22 bits per heavy atom. The molecule has 5 rings (SSSR count). The molecule has 8 nitrogen and oxygen atoms in total. The van der Waals surface area contributed by atoms with Crippen molar-refractivity contribution in [2.24, 2.45) is 0 Å². The van der Waals surface area contributed by atoms with Gasteiger partial charge in [-0.05, 0) is 31.0 Å². The maximum absolute atomic E-state index is 13.9. The molecule has 0 aromatic carbocycles. The molecular formula is C24H30F3N5O3Si. The summed E-state index contributed by atoms with van der Waals surface area (Å²) in [5, 5.41) is 14.0. The van der Waals surface area contributed by atoms with Gasteiger partial charge in [0.1, 0.15) is 12.4 Å². The van der Waals surface area contributed by atoms with Crippen molar-refractivity contribution in [2.45, 2.75) is 63.4 Å². The summed E-state index contributed by atoms with van der Waals surface area (Å²) in [4.78, 5) is 17.2. The fraction of sp³-hybridized carbons (Fsp3) is 0.542. The molecule has 1 fully saturated rings. The third-order valence-corrected chi connectivity index (χ3v) is 9.00. The van der Waals surface area contributed by atoms with Gasteiger partial charge in [0.05, 0.1) is 11.3 Å². The molecule has 0 saturated carbocycles. The lowest BCUT2D eigenvalue weighted by atomic mass is 9.82.